The number of nitrogens with zero attached hydrogens (tertiary/aromatic N) is 1. The molecule has 1 saturated heterocycles. The van der Waals surface area contributed by atoms with Crippen LogP contribution in [0.1, 0.15) is 56.1 Å². The molecule has 116 valence electrons. The van der Waals surface area contributed by atoms with Crippen molar-refractivity contribution < 1.29 is 0 Å². The van der Waals surface area contributed by atoms with Crippen LogP contribution in [0, 0.1) is 0 Å². The molecule has 2 fully saturated rings. The van der Waals surface area contributed by atoms with Gasteiger partial charge in [-0.3, -0.25) is 4.90 Å². The maximum atomic E-state index is 3.59. The van der Waals surface area contributed by atoms with Gasteiger partial charge in [-0.25, -0.2) is 0 Å². The fourth-order valence-corrected chi connectivity index (χ4v) is 3.25. The van der Waals surface area contributed by atoms with E-state index in [1.807, 2.05) is 0 Å². The van der Waals surface area contributed by atoms with E-state index >= 15 is 0 Å². The first kappa shape index (κ1) is 15.1. The zero-order valence-corrected chi connectivity index (χ0v) is 13.3. The van der Waals surface area contributed by atoms with E-state index < -0.39 is 0 Å². The van der Waals surface area contributed by atoms with Gasteiger partial charge in [0.05, 0.1) is 0 Å². The molecule has 1 N–H and O–H groups in total. The summed E-state index contributed by atoms with van der Waals surface area (Å²) >= 11 is 0. The molecule has 1 aromatic rings. The molecule has 21 heavy (non-hydrogen) atoms. The molecule has 3 rings (SSSR count). The monoisotopic (exact) mass is 286 g/mol. The van der Waals surface area contributed by atoms with Gasteiger partial charge in [-0.1, -0.05) is 43.5 Å². The Kier molecular flexibility index (Phi) is 5.70. The van der Waals surface area contributed by atoms with Crippen LogP contribution in [-0.2, 0) is 13.0 Å². The van der Waals surface area contributed by atoms with Crippen molar-refractivity contribution >= 4 is 0 Å². The minimum atomic E-state index is 0.830. The summed E-state index contributed by atoms with van der Waals surface area (Å²) < 4.78 is 0. The molecular formula is C19H30N2. The number of hydrogen-bond donors (Lipinski definition) is 1. The van der Waals surface area contributed by atoms with Gasteiger partial charge in [0.15, 0.2) is 0 Å². The lowest BCUT2D eigenvalue weighted by Crippen LogP contribution is -2.26. The van der Waals surface area contributed by atoms with E-state index in [0.717, 1.165) is 19.1 Å². The van der Waals surface area contributed by atoms with Gasteiger partial charge >= 0.3 is 0 Å². The highest BCUT2D eigenvalue weighted by Crippen LogP contribution is 2.18. The van der Waals surface area contributed by atoms with Gasteiger partial charge < -0.3 is 5.32 Å². The van der Waals surface area contributed by atoms with Crippen molar-refractivity contribution in [3.63, 3.8) is 0 Å². The van der Waals surface area contributed by atoms with E-state index in [4.69, 9.17) is 0 Å². The minimum absolute atomic E-state index is 0.830. The molecule has 1 heterocycles. The van der Waals surface area contributed by atoms with Crippen molar-refractivity contribution in [2.24, 2.45) is 0 Å². The normalized spacial score (nSPS) is 21.0. The third kappa shape index (κ3) is 5.44. The smallest absolute Gasteiger partial charge is 0.0233 e. The fraction of sp³-hybridized carbons (Fsp3) is 0.684. The highest BCUT2D eigenvalue weighted by Gasteiger charge is 2.19. The summed E-state index contributed by atoms with van der Waals surface area (Å²) in [6.45, 7) is 4.84. The standard InChI is InChI=1S/C19H30N2/c1-2-4-14-21(15-5-3-1)16-18-8-6-17(7-9-18)12-13-20-19-10-11-19/h6-9,19-20H,1-5,10-16H2. The van der Waals surface area contributed by atoms with E-state index in [1.54, 1.807) is 0 Å². The van der Waals surface area contributed by atoms with E-state index in [9.17, 15) is 0 Å². The molecule has 0 aromatic heterocycles. The molecular weight excluding hydrogens is 256 g/mol. The Morgan fingerprint density at radius 3 is 2.14 bits per heavy atom. The lowest BCUT2D eigenvalue weighted by atomic mass is 10.1. The summed E-state index contributed by atoms with van der Waals surface area (Å²) in [6.07, 6.45) is 11.0. The summed E-state index contributed by atoms with van der Waals surface area (Å²) in [7, 11) is 0. The number of hydrogen-bond acceptors (Lipinski definition) is 2. The van der Waals surface area contributed by atoms with Crippen molar-refractivity contribution in [2.45, 2.75) is 64.0 Å². The predicted molar refractivity (Wildman–Crippen MR) is 89.5 cm³/mol. The van der Waals surface area contributed by atoms with E-state index in [2.05, 4.69) is 34.5 Å². The Morgan fingerprint density at radius 2 is 1.48 bits per heavy atom. The second kappa shape index (κ2) is 7.95. The van der Waals surface area contributed by atoms with Crippen molar-refractivity contribution in [3.8, 4) is 0 Å². The number of nitrogens with one attached hydrogen (secondary N) is 1. The van der Waals surface area contributed by atoms with Gasteiger partial charge in [0, 0.05) is 12.6 Å². The zero-order chi connectivity index (χ0) is 14.3. The Morgan fingerprint density at radius 1 is 0.857 bits per heavy atom. The van der Waals surface area contributed by atoms with Gasteiger partial charge in [0.2, 0.25) is 0 Å². The summed E-state index contributed by atoms with van der Waals surface area (Å²) in [5.74, 6) is 0. The topological polar surface area (TPSA) is 15.3 Å². The molecule has 0 amide bonds. The third-order valence-corrected chi connectivity index (χ3v) is 4.80. The molecule has 1 aliphatic heterocycles. The lowest BCUT2D eigenvalue weighted by Gasteiger charge is -2.24. The van der Waals surface area contributed by atoms with Crippen molar-refractivity contribution in [1.82, 2.24) is 10.2 Å². The van der Waals surface area contributed by atoms with E-state index in [-0.39, 0.29) is 0 Å². The SMILES string of the molecule is c1cc(CN2CCCCCCC2)ccc1CCNC1CC1. The fourth-order valence-electron chi connectivity index (χ4n) is 3.25. The summed E-state index contributed by atoms with van der Waals surface area (Å²) in [5, 5.41) is 3.59. The number of likely N-dealkylation sites (tertiary alicyclic amines) is 1. The van der Waals surface area contributed by atoms with E-state index in [0.29, 0.717) is 0 Å². The molecule has 1 aliphatic carbocycles. The maximum Gasteiger partial charge on any atom is 0.0233 e. The molecule has 0 bridgehead atoms. The summed E-state index contributed by atoms with van der Waals surface area (Å²) in [5.41, 5.74) is 2.95. The Bertz CT molecular complexity index is 400. The van der Waals surface area contributed by atoms with Gasteiger partial charge in [-0.05, 0) is 62.9 Å². The second-order valence-corrected chi connectivity index (χ2v) is 6.84. The molecule has 1 saturated carbocycles. The highest BCUT2D eigenvalue weighted by atomic mass is 15.1. The molecule has 0 atom stereocenters. The summed E-state index contributed by atoms with van der Waals surface area (Å²) in [4.78, 5) is 2.64. The molecule has 0 spiro atoms. The first-order valence-corrected chi connectivity index (χ1v) is 8.94. The van der Waals surface area contributed by atoms with Crippen molar-refractivity contribution in [1.29, 1.82) is 0 Å². The molecule has 0 radical (unpaired) electrons. The maximum absolute atomic E-state index is 3.59. The van der Waals surface area contributed by atoms with Crippen LogP contribution in [0.25, 0.3) is 0 Å². The van der Waals surface area contributed by atoms with Crippen LogP contribution in [0.15, 0.2) is 24.3 Å². The first-order valence-electron chi connectivity index (χ1n) is 8.94. The number of benzene rings is 1. The van der Waals surface area contributed by atoms with Gasteiger partial charge in [0.25, 0.3) is 0 Å². The third-order valence-electron chi connectivity index (χ3n) is 4.80. The average molecular weight is 286 g/mol. The van der Waals surface area contributed by atoms with E-state index in [1.165, 1.54) is 75.6 Å². The second-order valence-electron chi connectivity index (χ2n) is 6.84. The lowest BCUT2D eigenvalue weighted by molar-refractivity contribution is 0.240. The Balaban J connectivity index is 1.43. The molecule has 2 heteroatoms. The van der Waals surface area contributed by atoms with Gasteiger partial charge in [-0.15, -0.1) is 0 Å². The van der Waals surface area contributed by atoms with Gasteiger partial charge in [0.1, 0.15) is 0 Å². The predicted octanol–water partition coefficient (Wildman–Crippen LogP) is 3.75. The average Bonchev–Trinajstić information content (AvgIpc) is 3.28. The van der Waals surface area contributed by atoms with Crippen molar-refractivity contribution in [2.75, 3.05) is 19.6 Å². The number of rotatable bonds is 6. The zero-order valence-electron chi connectivity index (χ0n) is 13.3. The molecule has 2 aliphatic rings. The molecule has 2 nitrogen and oxygen atoms in total. The first-order chi connectivity index (χ1) is 10.4. The molecule has 0 unspecified atom stereocenters. The highest BCUT2D eigenvalue weighted by molar-refractivity contribution is 5.22. The summed E-state index contributed by atoms with van der Waals surface area (Å²) in [6, 6.07) is 10.2. The van der Waals surface area contributed by atoms with Crippen LogP contribution in [0.3, 0.4) is 0 Å². The van der Waals surface area contributed by atoms with Crippen molar-refractivity contribution in [3.05, 3.63) is 35.4 Å². The Hall–Kier alpha value is -0.860. The van der Waals surface area contributed by atoms with Gasteiger partial charge in [-0.2, -0.15) is 0 Å². The quantitative estimate of drug-likeness (QED) is 0.857. The van der Waals surface area contributed by atoms with Crippen LogP contribution in [0.4, 0.5) is 0 Å². The minimum Gasteiger partial charge on any atom is -0.314 e. The van der Waals surface area contributed by atoms with Crippen LogP contribution in [-0.4, -0.2) is 30.6 Å². The Labute approximate surface area is 129 Å². The van der Waals surface area contributed by atoms with Crippen LogP contribution in [0.5, 0.6) is 0 Å². The van der Waals surface area contributed by atoms with Crippen LogP contribution >= 0.6 is 0 Å². The largest absolute Gasteiger partial charge is 0.314 e. The molecule has 1 aromatic carbocycles. The van der Waals surface area contributed by atoms with Crippen LogP contribution < -0.4 is 5.32 Å². The van der Waals surface area contributed by atoms with Crippen LogP contribution in [0.2, 0.25) is 0 Å².